The Kier molecular flexibility index (Phi) is 2.82. The summed E-state index contributed by atoms with van der Waals surface area (Å²) in [4.78, 5) is 0. The van der Waals surface area contributed by atoms with Crippen LogP contribution in [0.1, 0.15) is 31.7 Å². The van der Waals surface area contributed by atoms with E-state index in [1.54, 1.807) is 0 Å². The van der Waals surface area contributed by atoms with Gasteiger partial charge in [0.05, 0.1) is 0 Å². The van der Waals surface area contributed by atoms with Crippen molar-refractivity contribution in [3.05, 3.63) is 28.2 Å². The molecular formula is C12H16BrN. The third-order valence-electron chi connectivity index (χ3n) is 2.99. The Bertz CT molecular complexity index is 333. The molecule has 14 heavy (non-hydrogen) atoms. The lowest BCUT2D eigenvalue weighted by atomic mass is 9.83. The number of hydrogen-bond acceptors (Lipinski definition) is 1. The van der Waals surface area contributed by atoms with Crippen molar-refractivity contribution in [2.24, 2.45) is 5.92 Å². The molecular weight excluding hydrogens is 238 g/mol. The molecule has 1 aromatic rings. The van der Waals surface area contributed by atoms with Gasteiger partial charge >= 0.3 is 0 Å². The fraction of sp³-hybridized carbons (Fsp3) is 0.500. The Hall–Kier alpha value is -0.500. The minimum Gasteiger partial charge on any atom is -0.385 e. The molecule has 0 spiro atoms. The highest BCUT2D eigenvalue weighted by molar-refractivity contribution is 9.10. The molecule has 1 aromatic carbocycles. The standard InChI is InChI=1S/C12H16BrN/c1-8(2)10-5-6-14-12-4-3-9(13)7-11(10)12/h3-4,7-8,10,14H,5-6H2,1-2H3. The number of nitrogens with one attached hydrogen (secondary N) is 1. The monoisotopic (exact) mass is 253 g/mol. The Morgan fingerprint density at radius 2 is 2.21 bits per heavy atom. The lowest BCUT2D eigenvalue weighted by molar-refractivity contribution is 0.469. The number of benzene rings is 1. The van der Waals surface area contributed by atoms with Crippen LogP contribution in [0.2, 0.25) is 0 Å². The van der Waals surface area contributed by atoms with Gasteiger partial charge in [-0.3, -0.25) is 0 Å². The summed E-state index contributed by atoms with van der Waals surface area (Å²) in [6.45, 7) is 5.72. The highest BCUT2D eigenvalue weighted by atomic mass is 79.9. The van der Waals surface area contributed by atoms with Crippen molar-refractivity contribution in [2.45, 2.75) is 26.2 Å². The van der Waals surface area contributed by atoms with E-state index in [0.717, 1.165) is 12.5 Å². The zero-order chi connectivity index (χ0) is 10.1. The zero-order valence-corrected chi connectivity index (χ0v) is 10.3. The molecule has 0 fully saturated rings. The van der Waals surface area contributed by atoms with E-state index >= 15 is 0 Å². The number of fused-ring (bicyclic) bond motifs is 1. The summed E-state index contributed by atoms with van der Waals surface area (Å²) >= 11 is 3.54. The van der Waals surface area contributed by atoms with Gasteiger partial charge in [-0.2, -0.15) is 0 Å². The zero-order valence-electron chi connectivity index (χ0n) is 8.68. The van der Waals surface area contributed by atoms with E-state index in [-0.39, 0.29) is 0 Å². The molecule has 0 saturated heterocycles. The van der Waals surface area contributed by atoms with Crippen LogP contribution in [-0.2, 0) is 0 Å². The second kappa shape index (κ2) is 3.93. The van der Waals surface area contributed by atoms with Crippen molar-refractivity contribution in [3.8, 4) is 0 Å². The van der Waals surface area contributed by atoms with E-state index in [2.05, 4.69) is 53.3 Å². The van der Waals surface area contributed by atoms with Crippen LogP contribution in [0.15, 0.2) is 22.7 Å². The number of rotatable bonds is 1. The summed E-state index contributed by atoms with van der Waals surface area (Å²) in [5.41, 5.74) is 2.79. The third kappa shape index (κ3) is 1.81. The normalized spacial score (nSPS) is 20.4. The maximum Gasteiger partial charge on any atom is 0.0376 e. The molecule has 1 heterocycles. The van der Waals surface area contributed by atoms with Gasteiger partial charge < -0.3 is 5.32 Å². The number of anilines is 1. The predicted octanol–water partition coefficient (Wildman–Crippen LogP) is 4.00. The fourth-order valence-corrected chi connectivity index (χ4v) is 2.59. The molecule has 1 atom stereocenters. The first kappa shape index (κ1) is 10.0. The van der Waals surface area contributed by atoms with E-state index in [0.29, 0.717) is 5.92 Å². The molecule has 2 rings (SSSR count). The molecule has 0 aromatic heterocycles. The summed E-state index contributed by atoms with van der Waals surface area (Å²) in [5, 5.41) is 3.45. The van der Waals surface area contributed by atoms with Crippen LogP contribution in [0.3, 0.4) is 0 Å². The van der Waals surface area contributed by atoms with E-state index in [9.17, 15) is 0 Å². The van der Waals surface area contributed by atoms with Crippen LogP contribution in [0.5, 0.6) is 0 Å². The van der Waals surface area contributed by atoms with Crippen LogP contribution in [-0.4, -0.2) is 6.54 Å². The van der Waals surface area contributed by atoms with Gasteiger partial charge in [-0.05, 0) is 42.0 Å². The summed E-state index contributed by atoms with van der Waals surface area (Å²) in [6, 6.07) is 6.54. The molecule has 2 heteroatoms. The third-order valence-corrected chi connectivity index (χ3v) is 3.48. The summed E-state index contributed by atoms with van der Waals surface area (Å²) < 4.78 is 1.19. The van der Waals surface area contributed by atoms with E-state index in [1.165, 1.54) is 22.1 Å². The van der Waals surface area contributed by atoms with Crippen LogP contribution in [0.4, 0.5) is 5.69 Å². The first-order valence-corrected chi connectivity index (χ1v) is 6.01. The SMILES string of the molecule is CC(C)C1CCNc2ccc(Br)cc21. The van der Waals surface area contributed by atoms with Gasteiger partial charge in [-0.25, -0.2) is 0 Å². The number of halogens is 1. The molecule has 1 aliphatic rings. The quantitative estimate of drug-likeness (QED) is 0.798. The van der Waals surface area contributed by atoms with Crippen molar-refractivity contribution >= 4 is 21.6 Å². The number of hydrogen-bond donors (Lipinski definition) is 1. The molecule has 1 N–H and O–H groups in total. The van der Waals surface area contributed by atoms with Crippen molar-refractivity contribution in [1.29, 1.82) is 0 Å². The highest BCUT2D eigenvalue weighted by Gasteiger charge is 2.22. The molecule has 0 radical (unpaired) electrons. The maximum atomic E-state index is 3.54. The molecule has 0 aliphatic carbocycles. The highest BCUT2D eigenvalue weighted by Crippen LogP contribution is 2.37. The van der Waals surface area contributed by atoms with Crippen molar-refractivity contribution in [3.63, 3.8) is 0 Å². The predicted molar refractivity (Wildman–Crippen MR) is 64.8 cm³/mol. The molecule has 0 saturated carbocycles. The van der Waals surface area contributed by atoms with Gasteiger partial charge in [0.1, 0.15) is 0 Å². The van der Waals surface area contributed by atoms with E-state index in [4.69, 9.17) is 0 Å². The average molecular weight is 254 g/mol. The Labute approximate surface area is 94.0 Å². The van der Waals surface area contributed by atoms with Gasteiger partial charge in [0.2, 0.25) is 0 Å². The first-order chi connectivity index (χ1) is 6.68. The maximum absolute atomic E-state index is 3.54. The van der Waals surface area contributed by atoms with Crippen molar-refractivity contribution < 1.29 is 0 Å². The smallest absolute Gasteiger partial charge is 0.0376 e. The van der Waals surface area contributed by atoms with E-state index in [1.807, 2.05) is 0 Å². The molecule has 1 aliphatic heterocycles. The topological polar surface area (TPSA) is 12.0 Å². The lowest BCUT2D eigenvalue weighted by Gasteiger charge is -2.29. The van der Waals surface area contributed by atoms with Crippen molar-refractivity contribution in [2.75, 3.05) is 11.9 Å². The van der Waals surface area contributed by atoms with Crippen LogP contribution < -0.4 is 5.32 Å². The summed E-state index contributed by atoms with van der Waals surface area (Å²) in [7, 11) is 0. The van der Waals surface area contributed by atoms with Gasteiger partial charge in [0.15, 0.2) is 0 Å². The van der Waals surface area contributed by atoms with Gasteiger partial charge in [-0.15, -0.1) is 0 Å². The van der Waals surface area contributed by atoms with Gasteiger partial charge in [-0.1, -0.05) is 29.8 Å². The van der Waals surface area contributed by atoms with Crippen LogP contribution in [0.25, 0.3) is 0 Å². The molecule has 0 bridgehead atoms. The first-order valence-electron chi connectivity index (χ1n) is 5.22. The van der Waals surface area contributed by atoms with Gasteiger partial charge in [0, 0.05) is 16.7 Å². The molecule has 76 valence electrons. The second-order valence-electron chi connectivity index (χ2n) is 4.30. The minimum absolute atomic E-state index is 0.712. The lowest BCUT2D eigenvalue weighted by Crippen LogP contribution is -2.20. The largest absolute Gasteiger partial charge is 0.385 e. The summed E-state index contributed by atoms with van der Waals surface area (Å²) in [6.07, 6.45) is 1.25. The van der Waals surface area contributed by atoms with Crippen LogP contribution in [0, 0.1) is 5.92 Å². The second-order valence-corrected chi connectivity index (χ2v) is 5.21. The average Bonchev–Trinajstić information content (AvgIpc) is 2.16. The molecule has 0 amide bonds. The van der Waals surface area contributed by atoms with Crippen molar-refractivity contribution in [1.82, 2.24) is 0 Å². The summed E-state index contributed by atoms with van der Waals surface area (Å²) in [5.74, 6) is 1.44. The fourth-order valence-electron chi connectivity index (χ4n) is 2.21. The van der Waals surface area contributed by atoms with Gasteiger partial charge in [0.25, 0.3) is 0 Å². The Morgan fingerprint density at radius 3 is 2.93 bits per heavy atom. The van der Waals surface area contributed by atoms with Crippen LogP contribution >= 0.6 is 15.9 Å². The molecule has 1 unspecified atom stereocenters. The van der Waals surface area contributed by atoms with E-state index < -0.39 is 0 Å². The minimum atomic E-state index is 0.712. The Balaban J connectivity index is 2.41. The Morgan fingerprint density at radius 1 is 1.43 bits per heavy atom. The molecule has 1 nitrogen and oxygen atoms in total.